The van der Waals surface area contributed by atoms with Crippen LogP contribution in [0.2, 0.25) is 8.67 Å². The highest BCUT2D eigenvalue weighted by Gasteiger charge is 2.17. The van der Waals surface area contributed by atoms with Crippen molar-refractivity contribution in [1.82, 2.24) is 0 Å². The molecule has 1 unspecified atom stereocenters. The lowest BCUT2D eigenvalue weighted by Crippen LogP contribution is -1.97. The Balaban J connectivity index is 2.94. The molecule has 1 aromatic heterocycles. The third-order valence-electron chi connectivity index (χ3n) is 1.57. The van der Waals surface area contributed by atoms with Crippen LogP contribution in [-0.4, -0.2) is 0 Å². The van der Waals surface area contributed by atoms with Crippen molar-refractivity contribution in [1.29, 1.82) is 0 Å². The third kappa shape index (κ3) is 2.29. The molecule has 0 saturated carbocycles. The molecule has 0 nitrogen and oxygen atoms in total. The van der Waals surface area contributed by atoms with Gasteiger partial charge in [0.15, 0.2) is 0 Å². The molecule has 0 aliphatic heterocycles. The Bertz CT molecular complexity index is 267. The van der Waals surface area contributed by atoms with Crippen LogP contribution in [0.1, 0.15) is 24.8 Å². The molecule has 0 fully saturated rings. The van der Waals surface area contributed by atoms with Crippen molar-refractivity contribution in [2.75, 3.05) is 0 Å². The van der Waals surface area contributed by atoms with Gasteiger partial charge in [0.05, 0.1) is 14.0 Å². The number of rotatable bonds is 2. The van der Waals surface area contributed by atoms with Gasteiger partial charge in [-0.1, -0.05) is 37.0 Å². The summed E-state index contributed by atoms with van der Waals surface area (Å²) in [5.74, 6) is 0.370. The van der Waals surface area contributed by atoms with Crippen molar-refractivity contribution >= 4 is 46.1 Å². The molecule has 0 amide bonds. The van der Waals surface area contributed by atoms with E-state index in [1.165, 1.54) is 11.3 Å². The highest BCUT2D eigenvalue weighted by atomic mass is 35.5. The maximum atomic E-state index is 6.12. The summed E-state index contributed by atoms with van der Waals surface area (Å²) in [6.45, 7) is 4.11. The van der Waals surface area contributed by atoms with E-state index in [4.69, 9.17) is 34.8 Å². The Hall–Kier alpha value is 0.570. The Morgan fingerprint density at radius 3 is 2.25 bits per heavy atom. The minimum Gasteiger partial charge on any atom is -0.117 e. The molecule has 1 atom stereocenters. The number of hydrogen-bond acceptors (Lipinski definition) is 1. The largest absolute Gasteiger partial charge is 0.117 e. The van der Waals surface area contributed by atoms with Gasteiger partial charge in [-0.05, 0) is 12.0 Å². The van der Waals surface area contributed by atoms with Crippen molar-refractivity contribution in [3.05, 3.63) is 20.3 Å². The van der Waals surface area contributed by atoms with Crippen LogP contribution >= 0.6 is 46.1 Å². The van der Waals surface area contributed by atoms with Crippen molar-refractivity contribution in [3.8, 4) is 0 Å². The second-order valence-corrected chi connectivity index (χ2v) is 5.68. The molecule has 0 bridgehead atoms. The van der Waals surface area contributed by atoms with E-state index >= 15 is 0 Å². The summed E-state index contributed by atoms with van der Waals surface area (Å²) in [6, 6.07) is 1.84. The second-order valence-electron chi connectivity index (χ2n) is 2.93. The molecule has 0 saturated heterocycles. The van der Waals surface area contributed by atoms with Gasteiger partial charge in [-0.25, -0.2) is 0 Å². The predicted octanol–water partition coefficient (Wildman–Crippen LogP) is 4.99. The van der Waals surface area contributed by atoms with E-state index in [0.717, 1.165) is 5.56 Å². The van der Waals surface area contributed by atoms with Crippen LogP contribution in [0.25, 0.3) is 0 Å². The molecular weight excluding hydrogens is 235 g/mol. The van der Waals surface area contributed by atoms with Gasteiger partial charge in [-0.2, -0.15) is 0 Å². The Labute approximate surface area is 91.4 Å². The summed E-state index contributed by atoms with van der Waals surface area (Å²) in [5, 5.41) is -0.0405. The summed E-state index contributed by atoms with van der Waals surface area (Å²) in [4.78, 5) is 0. The number of hydrogen-bond donors (Lipinski definition) is 0. The molecule has 0 N–H and O–H groups in total. The molecule has 0 aromatic carbocycles. The summed E-state index contributed by atoms with van der Waals surface area (Å²) in [6.07, 6.45) is 0. The van der Waals surface area contributed by atoms with Crippen molar-refractivity contribution in [2.45, 2.75) is 19.2 Å². The third-order valence-corrected chi connectivity index (χ3v) is 3.82. The number of halogens is 3. The highest BCUT2D eigenvalue weighted by molar-refractivity contribution is 7.20. The fourth-order valence-corrected chi connectivity index (χ4v) is 2.74. The molecule has 0 spiro atoms. The van der Waals surface area contributed by atoms with Gasteiger partial charge in [-0.3, -0.25) is 0 Å². The topological polar surface area (TPSA) is 0 Å². The van der Waals surface area contributed by atoms with Gasteiger partial charge in [0.2, 0.25) is 0 Å². The van der Waals surface area contributed by atoms with E-state index < -0.39 is 0 Å². The van der Waals surface area contributed by atoms with Crippen LogP contribution in [0.4, 0.5) is 0 Å². The molecule has 68 valence electrons. The van der Waals surface area contributed by atoms with Crippen LogP contribution in [0, 0.1) is 5.92 Å². The van der Waals surface area contributed by atoms with Gasteiger partial charge >= 0.3 is 0 Å². The van der Waals surface area contributed by atoms with Gasteiger partial charge in [0, 0.05) is 5.56 Å². The molecule has 4 heteroatoms. The first-order valence-corrected chi connectivity index (χ1v) is 5.62. The lowest BCUT2D eigenvalue weighted by molar-refractivity contribution is 0.625. The van der Waals surface area contributed by atoms with E-state index in [1.54, 1.807) is 0 Å². The van der Waals surface area contributed by atoms with Gasteiger partial charge in [-0.15, -0.1) is 22.9 Å². The lowest BCUT2D eigenvalue weighted by Gasteiger charge is -2.11. The van der Waals surface area contributed by atoms with Crippen LogP contribution in [0.3, 0.4) is 0 Å². The minimum atomic E-state index is -0.0405. The normalized spacial score (nSPS) is 13.8. The van der Waals surface area contributed by atoms with Crippen molar-refractivity contribution in [3.63, 3.8) is 0 Å². The molecule has 0 aliphatic rings. The maximum absolute atomic E-state index is 6.12. The first-order valence-electron chi connectivity index (χ1n) is 3.61. The molecule has 0 aliphatic carbocycles. The molecular formula is C8H9Cl3S. The van der Waals surface area contributed by atoms with E-state index in [-0.39, 0.29) is 5.38 Å². The fraction of sp³-hybridized carbons (Fsp3) is 0.500. The van der Waals surface area contributed by atoms with E-state index in [1.807, 2.05) is 6.07 Å². The Kier molecular flexibility index (Phi) is 3.72. The minimum absolute atomic E-state index is 0.0405. The monoisotopic (exact) mass is 242 g/mol. The zero-order valence-corrected chi connectivity index (χ0v) is 9.86. The SMILES string of the molecule is CC(C)C(Cl)c1cc(Cl)sc1Cl. The Morgan fingerprint density at radius 1 is 1.33 bits per heavy atom. The quantitative estimate of drug-likeness (QED) is 0.642. The molecule has 1 aromatic rings. The predicted molar refractivity (Wildman–Crippen MR) is 57.8 cm³/mol. The standard InChI is InChI=1S/C8H9Cl3S/c1-4(2)7(10)5-3-6(9)12-8(5)11/h3-4,7H,1-2H3. The zero-order valence-electron chi connectivity index (χ0n) is 6.77. The van der Waals surface area contributed by atoms with Crippen LogP contribution in [0.5, 0.6) is 0 Å². The van der Waals surface area contributed by atoms with Crippen LogP contribution in [-0.2, 0) is 0 Å². The summed E-state index contributed by atoms with van der Waals surface area (Å²) in [5.41, 5.74) is 0.948. The number of thiophene rings is 1. The fourth-order valence-electron chi connectivity index (χ4n) is 0.900. The van der Waals surface area contributed by atoms with Crippen molar-refractivity contribution in [2.24, 2.45) is 5.92 Å². The van der Waals surface area contributed by atoms with Crippen LogP contribution < -0.4 is 0 Å². The average Bonchev–Trinajstić information content (AvgIpc) is 2.28. The smallest absolute Gasteiger partial charge is 0.0991 e. The summed E-state index contributed by atoms with van der Waals surface area (Å²) < 4.78 is 1.40. The van der Waals surface area contributed by atoms with Gasteiger partial charge in [0.1, 0.15) is 0 Å². The van der Waals surface area contributed by atoms with Gasteiger partial charge in [0.25, 0.3) is 0 Å². The molecule has 1 rings (SSSR count). The molecule has 12 heavy (non-hydrogen) atoms. The van der Waals surface area contributed by atoms with E-state index in [0.29, 0.717) is 14.6 Å². The Morgan fingerprint density at radius 2 is 1.92 bits per heavy atom. The highest BCUT2D eigenvalue weighted by Crippen LogP contribution is 2.40. The summed E-state index contributed by atoms with van der Waals surface area (Å²) >= 11 is 19.2. The van der Waals surface area contributed by atoms with E-state index in [9.17, 15) is 0 Å². The van der Waals surface area contributed by atoms with Crippen LogP contribution in [0.15, 0.2) is 6.07 Å². The number of alkyl halides is 1. The van der Waals surface area contributed by atoms with Crippen molar-refractivity contribution < 1.29 is 0 Å². The van der Waals surface area contributed by atoms with Gasteiger partial charge < -0.3 is 0 Å². The molecule has 1 heterocycles. The maximum Gasteiger partial charge on any atom is 0.0991 e. The zero-order chi connectivity index (χ0) is 9.30. The summed E-state index contributed by atoms with van der Waals surface area (Å²) in [7, 11) is 0. The first-order chi connectivity index (χ1) is 5.52. The molecule has 0 radical (unpaired) electrons. The van der Waals surface area contributed by atoms with E-state index in [2.05, 4.69) is 13.8 Å². The average molecular weight is 244 g/mol. The first kappa shape index (κ1) is 10.6. The second kappa shape index (κ2) is 4.19. The lowest BCUT2D eigenvalue weighted by atomic mass is 10.1.